The van der Waals surface area contributed by atoms with E-state index in [4.69, 9.17) is 5.73 Å². The summed E-state index contributed by atoms with van der Waals surface area (Å²) >= 11 is 0. The molecular weight excluding hydrogens is 270 g/mol. The molecule has 6 heteroatoms. The molecule has 6 nitrogen and oxygen atoms in total. The normalized spacial score (nSPS) is 18.9. The van der Waals surface area contributed by atoms with Crippen LogP contribution in [0.1, 0.15) is 24.8 Å². The first-order valence-corrected chi connectivity index (χ1v) is 7.05. The third kappa shape index (κ3) is 3.66. The summed E-state index contributed by atoms with van der Waals surface area (Å²) in [6.07, 6.45) is 5.88. The average Bonchev–Trinajstić information content (AvgIpc) is 2.52. The Morgan fingerprint density at radius 3 is 2.90 bits per heavy atom. The molecular formula is C15H19N3O3. The molecule has 1 fully saturated rings. The number of rotatable bonds is 4. The summed E-state index contributed by atoms with van der Waals surface area (Å²) in [5.41, 5.74) is 6.12. The summed E-state index contributed by atoms with van der Waals surface area (Å²) in [6, 6.07) is 6.43. The predicted molar refractivity (Wildman–Crippen MR) is 80.5 cm³/mol. The molecule has 1 aliphatic heterocycles. The molecule has 112 valence electrons. The van der Waals surface area contributed by atoms with Gasteiger partial charge in [0, 0.05) is 31.3 Å². The fraction of sp³-hybridized carbons (Fsp3) is 0.400. The first-order valence-electron chi connectivity index (χ1n) is 7.05. The van der Waals surface area contributed by atoms with E-state index in [1.54, 1.807) is 23.1 Å². The molecule has 1 aromatic carbocycles. The van der Waals surface area contributed by atoms with Crippen molar-refractivity contribution in [1.29, 1.82) is 0 Å². The highest BCUT2D eigenvalue weighted by Gasteiger charge is 2.24. The van der Waals surface area contributed by atoms with Crippen molar-refractivity contribution in [2.45, 2.75) is 25.3 Å². The van der Waals surface area contributed by atoms with E-state index in [0.717, 1.165) is 19.3 Å². The Labute approximate surface area is 123 Å². The second-order valence-corrected chi connectivity index (χ2v) is 5.07. The molecule has 1 aliphatic rings. The van der Waals surface area contributed by atoms with Crippen LogP contribution in [0.25, 0.3) is 6.08 Å². The van der Waals surface area contributed by atoms with E-state index in [9.17, 15) is 14.9 Å². The summed E-state index contributed by atoms with van der Waals surface area (Å²) in [5, 5.41) is 10.9. The summed E-state index contributed by atoms with van der Waals surface area (Å²) in [5.74, 6) is -0.136. The van der Waals surface area contributed by atoms with Crippen LogP contribution >= 0.6 is 0 Å². The maximum atomic E-state index is 12.2. The van der Waals surface area contributed by atoms with Gasteiger partial charge in [0.15, 0.2) is 0 Å². The first kappa shape index (κ1) is 15.2. The van der Waals surface area contributed by atoms with Crippen molar-refractivity contribution in [2.75, 3.05) is 13.1 Å². The molecule has 0 bridgehead atoms. The van der Waals surface area contributed by atoms with E-state index < -0.39 is 4.92 Å². The number of nitro groups is 1. The largest absolute Gasteiger partial charge is 0.335 e. The third-order valence-corrected chi connectivity index (χ3v) is 3.72. The number of para-hydroxylation sites is 1. The maximum Gasteiger partial charge on any atom is 0.276 e. The molecule has 0 radical (unpaired) electrons. The minimum absolute atomic E-state index is 0.00410. The predicted octanol–water partition coefficient (Wildman–Crippen LogP) is 1.95. The van der Waals surface area contributed by atoms with Crippen molar-refractivity contribution in [3.8, 4) is 0 Å². The van der Waals surface area contributed by atoms with Crippen LogP contribution in [0.5, 0.6) is 0 Å². The molecule has 2 rings (SSSR count). The highest BCUT2D eigenvalue weighted by Crippen LogP contribution is 2.20. The highest BCUT2D eigenvalue weighted by atomic mass is 16.6. The average molecular weight is 289 g/mol. The molecule has 1 aromatic rings. The summed E-state index contributed by atoms with van der Waals surface area (Å²) in [7, 11) is 0. The number of nitro benzene ring substituents is 1. The van der Waals surface area contributed by atoms with Gasteiger partial charge in [0.1, 0.15) is 0 Å². The van der Waals surface area contributed by atoms with E-state index >= 15 is 0 Å². The standard InChI is InChI=1S/C15H19N3O3/c16-11-13-6-3-4-10-17(13)15(19)9-8-12-5-1-2-7-14(12)18(20)21/h1-2,5,7-9,13H,3-4,6,10-11,16H2. The van der Waals surface area contributed by atoms with Crippen molar-refractivity contribution in [3.05, 3.63) is 46.0 Å². The Hall–Kier alpha value is -2.21. The smallest absolute Gasteiger partial charge is 0.276 e. The fourth-order valence-corrected chi connectivity index (χ4v) is 2.59. The van der Waals surface area contributed by atoms with Crippen LogP contribution in [0.2, 0.25) is 0 Å². The number of benzene rings is 1. The zero-order valence-electron chi connectivity index (χ0n) is 11.8. The van der Waals surface area contributed by atoms with Crippen molar-refractivity contribution in [3.63, 3.8) is 0 Å². The van der Waals surface area contributed by atoms with Gasteiger partial charge in [-0.05, 0) is 31.4 Å². The molecule has 0 aliphatic carbocycles. The molecule has 1 unspecified atom stereocenters. The van der Waals surface area contributed by atoms with Crippen LogP contribution in [0.15, 0.2) is 30.3 Å². The van der Waals surface area contributed by atoms with Gasteiger partial charge < -0.3 is 10.6 Å². The lowest BCUT2D eigenvalue weighted by molar-refractivity contribution is -0.385. The van der Waals surface area contributed by atoms with Crippen LogP contribution in [0.4, 0.5) is 5.69 Å². The topological polar surface area (TPSA) is 89.5 Å². The van der Waals surface area contributed by atoms with Crippen LogP contribution in [-0.4, -0.2) is 34.9 Å². The van der Waals surface area contributed by atoms with Gasteiger partial charge in [0.2, 0.25) is 5.91 Å². The number of nitrogens with zero attached hydrogens (tertiary/aromatic N) is 2. The van der Waals surface area contributed by atoms with E-state index in [0.29, 0.717) is 18.7 Å². The number of likely N-dealkylation sites (tertiary alicyclic amines) is 1. The Morgan fingerprint density at radius 1 is 1.43 bits per heavy atom. The fourth-order valence-electron chi connectivity index (χ4n) is 2.59. The number of nitrogens with two attached hydrogens (primary N) is 1. The SMILES string of the molecule is NCC1CCCCN1C(=O)C=Cc1ccccc1[N+](=O)[O-]. The molecule has 1 atom stereocenters. The number of hydrogen-bond acceptors (Lipinski definition) is 4. The summed E-state index contributed by atoms with van der Waals surface area (Å²) in [6.45, 7) is 1.15. The molecule has 1 amide bonds. The van der Waals surface area contributed by atoms with Gasteiger partial charge in [-0.1, -0.05) is 12.1 Å². The molecule has 21 heavy (non-hydrogen) atoms. The molecule has 0 spiro atoms. The van der Waals surface area contributed by atoms with Crippen LogP contribution in [-0.2, 0) is 4.79 Å². The van der Waals surface area contributed by atoms with Crippen LogP contribution < -0.4 is 5.73 Å². The lowest BCUT2D eigenvalue weighted by Gasteiger charge is -2.34. The number of carbonyl (C=O) groups excluding carboxylic acids is 1. The third-order valence-electron chi connectivity index (χ3n) is 3.72. The van der Waals surface area contributed by atoms with Gasteiger partial charge >= 0.3 is 0 Å². The number of carbonyl (C=O) groups is 1. The monoisotopic (exact) mass is 289 g/mol. The second-order valence-electron chi connectivity index (χ2n) is 5.07. The lowest BCUT2D eigenvalue weighted by Crippen LogP contribution is -2.46. The van der Waals surface area contributed by atoms with E-state index in [-0.39, 0.29) is 17.6 Å². The van der Waals surface area contributed by atoms with Gasteiger partial charge in [0.05, 0.1) is 10.5 Å². The molecule has 1 heterocycles. The Bertz CT molecular complexity index is 557. The lowest BCUT2D eigenvalue weighted by atomic mass is 10.0. The second kappa shape index (κ2) is 6.99. The number of amides is 1. The van der Waals surface area contributed by atoms with Crippen molar-refractivity contribution in [1.82, 2.24) is 4.90 Å². The van der Waals surface area contributed by atoms with Crippen molar-refractivity contribution >= 4 is 17.7 Å². The van der Waals surface area contributed by atoms with Crippen molar-refractivity contribution in [2.24, 2.45) is 5.73 Å². The van der Waals surface area contributed by atoms with Gasteiger partial charge in [-0.25, -0.2) is 0 Å². The molecule has 2 N–H and O–H groups in total. The Morgan fingerprint density at radius 2 is 2.19 bits per heavy atom. The maximum absolute atomic E-state index is 12.2. The van der Waals surface area contributed by atoms with Gasteiger partial charge in [-0.15, -0.1) is 0 Å². The molecule has 0 aromatic heterocycles. The van der Waals surface area contributed by atoms with Crippen molar-refractivity contribution < 1.29 is 9.72 Å². The van der Waals surface area contributed by atoms with Gasteiger partial charge in [0.25, 0.3) is 5.69 Å². The number of piperidine rings is 1. The van der Waals surface area contributed by atoms with Gasteiger partial charge in [-0.2, -0.15) is 0 Å². The van der Waals surface area contributed by atoms with E-state index in [2.05, 4.69) is 0 Å². The minimum Gasteiger partial charge on any atom is -0.335 e. The Balaban J connectivity index is 2.13. The minimum atomic E-state index is -0.451. The van der Waals surface area contributed by atoms with Crippen LogP contribution in [0, 0.1) is 10.1 Å². The summed E-state index contributed by atoms with van der Waals surface area (Å²) in [4.78, 5) is 24.5. The highest BCUT2D eigenvalue weighted by molar-refractivity contribution is 5.92. The quantitative estimate of drug-likeness (QED) is 0.521. The number of hydrogen-bond donors (Lipinski definition) is 1. The zero-order chi connectivity index (χ0) is 15.2. The molecule has 1 saturated heterocycles. The molecule has 0 saturated carbocycles. The first-order chi connectivity index (χ1) is 10.1. The Kier molecular flexibility index (Phi) is 5.05. The summed E-state index contributed by atoms with van der Waals surface area (Å²) < 4.78 is 0. The van der Waals surface area contributed by atoms with E-state index in [1.165, 1.54) is 18.2 Å². The van der Waals surface area contributed by atoms with Gasteiger partial charge in [-0.3, -0.25) is 14.9 Å². The van der Waals surface area contributed by atoms with E-state index in [1.807, 2.05) is 0 Å². The van der Waals surface area contributed by atoms with Crippen LogP contribution in [0.3, 0.4) is 0 Å². The zero-order valence-corrected chi connectivity index (χ0v) is 11.8.